The monoisotopic (exact) mass is 466 g/mol. The molecular weight excluding hydrogens is 452 g/mol. The normalized spacial score (nSPS) is 11.1. The fourth-order valence-electron chi connectivity index (χ4n) is 2.07. The van der Waals surface area contributed by atoms with E-state index >= 15 is 0 Å². The van der Waals surface area contributed by atoms with Crippen LogP contribution in [0.1, 0.15) is 18.4 Å². The summed E-state index contributed by atoms with van der Waals surface area (Å²) in [7, 11) is 0. The van der Waals surface area contributed by atoms with Crippen molar-refractivity contribution in [2.45, 2.75) is 19.6 Å². The number of carbonyl (C=O) groups excluding carboxylic acids is 2. The number of nitrogens with one attached hydrogen (secondary N) is 1. The summed E-state index contributed by atoms with van der Waals surface area (Å²) in [5, 5.41) is 6.66. The third-order valence-electron chi connectivity index (χ3n) is 3.44. The lowest BCUT2D eigenvalue weighted by Crippen LogP contribution is -2.39. The first-order valence-electron chi connectivity index (χ1n) is 8.25. The molecule has 2 aromatic rings. The van der Waals surface area contributed by atoms with Crippen molar-refractivity contribution in [2.24, 2.45) is 0 Å². The van der Waals surface area contributed by atoms with Crippen LogP contribution in [0.15, 0.2) is 39.4 Å². The van der Waals surface area contributed by atoms with Crippen LogP contribution in [0.2, 0.25) is 0 Å². The van der Waals surface area contributed by atoms with Gasteiger partial charge in [0.1, 0.15) is 4.49 Å². The average Bonchev–Trinajstić information content (AvgIpc) is 3.16. The molecule has 2 rings (SSSR count). The number of benzene rings is 1. The summed E-state index contributed by atoms with van der Waals surface area (Å²) in [4.78, 5) is 31.9. The van der Waals surface area contributed by atoms with Gasteiger partial charge in [0.25, 0.3) is 5.91 Å². The molecule has 13 heteroatoms. The Labute approximate surface area is 178 Å². The Balaban J connectivity index is 2.10. The van der Waals surface area contributed by atoms with Crippen LogP contribution in [0.5, 0.6) is 0 Å². The number of hydrogen-bond acceptors (Lipinski definition) is 6. The number of nitrogens with zero attached hydrogens (tertiary/aromatic N) is 3. The van der Waals surface area contributed by atoms with Gasteiger partial charge >= 0.3 is 12.1 Å². The molecule has 8 nitrogen and oxygen atoms in total. The van der Waals surface area contributed by atoms with E-state index in [0.29, 0.717) is 5.56 Å². The zero-order valence-corrected chi connectivity index (χ0v) is 16.9. The summed E-state index contributed by atoms with van der Waals surface area (Å²) in [6.07, 6.45) is -3.42. The molecule has 0 saturated carbocycles. The molecule has 2 amide bonds. The summed E-state index contributed by atoms with van der Waals surface area (Å²) in [5.74, 6) is -2.61. The maximum atomic E-state index is 12.6. The van der Waals surface area contributed by atoms with Gasteiger partial charge in [-0.15, -0.1) is 0 Å². The molecule has 0 unspecified atom stereocenters. The van der Waals surface area contributed by atoms with E-state index in [4.69, 9.17) is 28.0 Å². The zero-order chi connectivity index (χ0) is 22.3. The molecule has 162 valence electrons. The summed E-state index contributed by atoms with van der Waals surface area (Å²) in [6, 6.07) is 6.02. The predicted molar refractivity (Wildman–Crippen MR) is 99.7 cm³/mol. The van der Waals surface area contributed by atoms with E-state index in [1.165, 1.54) is 25.1 Å². The average molecular weight is 467 g/mol. The van der Waals surface area contributed by atoms with Gasteiger partial charge in [0.15, 0.2) is 0 Å². The predicted octanol–water partition coefficient (Wildman–Crippen LogP) is 3.47. The molecule has 1 N–H and O–H groups in total. The number of amides is 2. The Morgan fingerprint density at radius 2 is 1.93 bits per heavy atom. The maximum Gasteiger partial charge on any atom is 0.471 e. The van der Waals surface area contributed by atoms with Crippen LogP contribution in [0.4, 0.5) is 13.2 Å². The number of hydroxylamine groups is 2. The number of hydrogen-bond donors (Lipinski definition) is 1. The Hall–Kier alpha value is -2.63. The van der Waals surface area contributed by atoms with Crippen molar-refractivity contribution in [3.63, 3.8) is 0 Å². The largest absolute Gasteiger partial charge is 0.471 e. The van der Waals surface area contributed by atoms with E-state index in [-0.39, 0.29) is 35.6 Å². The maximum absolute atomic E-state index is 12.6. The van der Waals surface area contributed by atoms with Crippen LogP contribution in [-0.4, -0.2) is 40.2 Å². The first kappa shape index (κ1) is 23.6. The highest BCUT2D eigenvalue weighted by Crippen LogP contribution is 2.29. The Kier molecular flexibility index (Phi) is 8.21. The standard InChI is InChI=1S/C17H15Cl2F3N4O4/c1-10(27)23-8-14(28)26(29-7-6-13(18)19)9-11-2-4-12(5-3-11)15-24-16(30-25-15)17(20,21)22/h2-6H,7-9H2,1H3,(H,23,27). The number of aromatic nitrogens is 2. The molecular formula is C17H15Cl2F3N4O4. The van der Waals surface area contributed by atoms with Gasteiger partial charge in [-0.1, -0.05) is 52.6 Å². The summed E-state index contributed by atoms with van der Waals surface area (Å²) >= 11 is 11.0. The fourth-order valence-corrected chi connectivity index (χ4v) is 2.19. The SMILES string of the molecule is CC(=O)NCC(=O)N(Cc1ccc(-c2noc(C(F)(F)F)n2)cc1)OCC=C(Cl)Cl. The van der Waals surface area contributed by atoms with Crippen molar-refractivity contribution in [3.8, 4) is 11.4 Å². The minimum Gasteiger partial charge on any atom is -0.347 e. The highest BCUT2D eigenvalue weighted by molar-refractivity contribution is 6.55. The van der Waals surface area contributed by atoms with Crippen LogP contribution in [0.25, 0.3) is 11.4 Å². The third kappa shape index (κ3) is 7.32. The number of alkyl halides is 3. The molecule has 0 aliphatic carbocycles. The Morgan fingerprint density at radius 3 is 2.47 bits per heavy atom. The highest BCUT2D eigenvalue weighted by Gasteiger charge is 2.38. The smallest absolute Gasteiger partial charge is 0.347 e. The quantitative estimate of drug-likeness (QED) is 0.598. The zero-order valence-electron chi connectivity index (χ0n) is 15.4. The van der Waals surface area contributed by atoms with Crippen LogP contribution >= 0.6 is 23.2 Å². The molecule has 0 saturated heterocycles. The fraction of sp³-hybridized carbons (Fsp3) is 0.294. The molecule has 1 aromatic carbocycles. The molecule has 0 bridgehead atoms. The van der Waals surface area contributed by atoms with Crippen molar-refractivity contribution in [3.05, 3.63) is 46.3 Å². The topological polar surface area (TPSA) is 97.6 Å². The van der Waals surface area contributed by atoms with E-state index in [1.807, 2.05) is 0 Å². The van der Waals surface area contributed by atoms with Gasteiger partial charge in [0.2, 0.25) is 11.7 Å². The van der Waals surface area contributed by atoms with E-state index in [1.54, 1.807) is 12.1 Å². The van der Waals surface area contributed by atoms with Crippen LogP contribution in [0.3, 0.4) is 0 Å². The molecule has 1 aromatic heterocycles. The van der Waals surface area contributed by atoms with Gasteiger partial charge in [-0.2, -0.15) is 18.2 Å². The summed E-state index contributed by atoms with van der Waals surface area (Å²) in [6.45, 7) is 0.839. The Bertz CT molecular complexity index is 912. The molecule has 0 aliphatic heterocycles. The minimum absolute atomic E-state index is 0.0213. The number of rotatable bonds is 8. The van der Waals surface area contributed by atoms with E-state index in [2.05, 4.69) is 20.0 Å². The lowest BCUT2D eigenvalue weighted by atomic mass is 10.1. The van der Waals surface area contributed by atoms with E-state index in [0.717, 1.165) is 5.06 Å². The van der Waals surface area contributed by atoms with E-state index < -0.39 is 23.9 Å². The second-order valence-corrected chi connectivity index (χ2v) is 6.76. The lowest BCUT2D eigenvalue weighted by molar-refractivity contribution is -0.185. The molecule has 0 atom stereocenters. The number of halogens is 5. The second-order valence-electron chi connectivity index (χ2n) is 5.75. The summed E-state index contributed by atoms with van der Waals surface area (Å²) in [5.41, 5.74) is 0.863. The van der Waals surface area contributed by atoms with Crippen LogP contribution in [0, 0.1) is 0 Å². The van der Waals surface area contributed by atoms with Crippen LogP contribution in [-0.2, 0) is 27.1 Å². The van der Waals surface area contributed by atoms with Crippen molar-refractivity contribution in [1.82, 2.24) is 20.5 Å². The second kappa shape index (κ2) is 10.4. The minimum atomic E-state index is -4.74. The van der Waals surface area contributed by atoms with Gasteiger partial charge in [-0.25, -0.2) is 5.06 Å². The first-order chi connectivity index (χ1) is 14.1. The third-order valence-corrected chi connectivity index (χ3v) is 3.75. The van der Waals surface area contributed by atoms with Crippen LogP contribution < -0.4 is 5.32 Å². The Morgan fingerprint density at radius 1 is 1.27 bits per heavy atom. The van der Waals surface area contributed by atoms with Crippen molar-refractivity contribution < 1.29 is 32.1 Å². The van der Waals surface area contributed by atoms with Crippen molar-refractivity contribution in [2.75, 3.05) is 13.2 Å². The molecule has 0 aliphatic rings. The molecule has 30 heavy (non-hydrogen) atoms. The molecule has 0 spiro atoms. The van der Waals surface area contributed by atoms with E-state index in [9.17, 15) is 22.8 Å². The van der Waals surface area contributed by atoms with Crippen molar-refractivity contribution >= 4 is 35.0 Å². The van der Waals surface area contributed by atoms with Gasteiger partial charge < -0.3 is 9.84 Å². The summed E-state index contributed by atoms with van der Waals surface area (Å²) < 4.78 is 41.9. The van der Waals surface area contributed by atoms with Gasteiger partial charge in [-0.05, 0) is 11.6 Å². The van der Waals surface area contributed by atoms with Gasteiger partial charge in [0, 0.05) is 12.5 Å². The van der Waals surface area contributed by atoms with Gasteiger partial charge in [-0.3, -0.25) is 14.4 Å². The molecule has 0 fully saturated rings. The molecule has 0 radical (unpaired) electrons. The highest BCUT2D eigenvalue weighted by atomic mass is 35.5. The first-order valence-corrected chi connectivity index (χ1v) is 9.01. The molecule has 1 heterocycles. The lowest BCUT2D eigenvalue weighted by Gasteiger charge is -2.21. The van der Waals surface area contributed by atoms with Crippen molar-refractivity contribution in [1.29, 1.82) is 0 Å². The number of carbonyl (C=O) groups is 2. The van der Waals surface area contributed by atoms with Gasteiger partial charge in [0.05, 0.1) is 19.7 Å².